The van der Waals surface area contributed by atoms with Gasteiger partial charge in [0.1, 0.15) is 10.3 Å². The molecular weight excluding hydrogens is 412 g/mol. The van der Waals surface area contributed by atoms with Crippen molar-refractivity contribution in [3.63, 3.8) is 0 Å². The van der Waals surface area contributed by atoms with Gasteiger partial charge in [-0.25, -0.2) is 9.97 Å². The summed E-state index contributed by atoms with van der Waals surface area (Å²) in [5.74, 6) is 0.0432. The van der Waals surface area contributed by atoms with Crippen LogP contribution in [-0.4, -0.2) is 83.9 Å². The van der Waals surface area contributed by atoms with E-state index in [1.165, 1.54) is 32.4 Å². The average Bonchev–Trinajstić information content (AvgIpc) is 3.25. The quantitative estimate of drug-likeness (QED) is 0.628. The van der Waals surface area contributed by atoms with Crippen molar-refractivity contribution in [2.45, 2.75) is 38.5 Å². The molecule has 0 bridgehead atoms. The van der Waals surface area contributed by atoms with Crippen molar-refractivity contribution in [2.24, 2.45) is 0 Å². The van der Waals surface area contributed by atoms with E-state index in [9.17, 15) is 9.59 Å². The van der Waals surface area contributed by atoms with Gasteiger partial charge in [0.05, 0.1) is 0 Å². The molecular formula is C22H32N6O2S. The van der Waals surface area contributed by atoms with Crippen LogP contribution in [-0.2, 0) is 9.59 Å². The molecule has 2 aromatic heterocycles. The molecule has 168 valence electrons. The number of hydrogen-bond acceptors (Lipinski definition) is 7. The topological polar surface area (TPSA) is 81.7 Å². The molecule has 0 radical (unpaired) electrons. The van der Waals surface area contributed by atoms with Crippen molar-refractivity contribution < 1.29 is 9.59 Å². The van der Waals surface area contributed by atoms with Crippen LogP contribution in [0, 0.1) is 0 Å². The summed E-state index contributed by atoms with van der Waals surface area (Å²) in [5, 5.41) is 3.93. The molecule has 2 aliphatic heterocycles. The fourth-order valence-electron chi connectivity index (χ4n) is 4.22. The van der Waals surface area contributed by atoms with E-state index in [-0.39, 0.29) is 24.7 Å². The molecule has 0 atom stereocenters. The first kappa shape index (κ1) is 22.0. The Hall–Kier alpha value is -2.26. The zero-order valence-electron chi connectivity index (χ0n) is 18.1. The number of nitrogens with zero attached hydrogens (tertiary/aromatic N) is 5. The molecule has 2 fully saturated rings. The van der Waals surface area contributed by atoms with E-state index in [4.69, 9.17) is 0 Å². The average molecular weight is 445 g/mol. The minimum absolute atomic E-state index is 0.0207. The Balaban J connectivity index is 1.12. The Bertz CT molecular complexity index is 841. The highest BCUT2D eigenvalue weighted by Gasteiger charge is 2.23. The molecule has 4 rings (SSSR count). The number of likely N-dealkylation sites (tertiary alicyclic amines) is 1. The highest BCUT2D eigenvalue weighted by Crippen LogP contribution is 2.27. The fourth-order valence-corrected chi connectivity index (χ4v) is 5.18. The summed E-state index contributed by atoms with van der Waals surface area (Å²) in [7, 11) is 0. The van der Waals surface area contributed by atoms with E-state index in [0.29, 0.717) is 19.6 Å². The maximum Gasteiger partial charge on any atom is 0.223 e. The summed E-state index contributed by atoms with van der Waals surface area (Å²) in [6.07, 6.45) is 7.24. The monoisotopic (exact) mass is 444 g/mol. The normalized spacial score (nSPS) is 17.8. The molecule has 9 heteroatoms. The van der Waals surface area contributed by atoms with E-state index < -0.39 is 0 Å². The van der Waals surface area contributed by atoms with Crippen LogP contribution in [0.15, 0.2) is 18.3 Å². The van der Waals surface area contributed by atoms with E-state index in [0.717, 1.165) is 41.5 Å². The molecule has 2 aromatic rings. The van der Waals surface area contributed by atoms with Gasteiger partial charge < -0.3 is 20.0 Å². The zero-order chi connectivity index (χ0) is 21.5. The number of thiazole rings is 1. The van der Waals surface area contributed by atoms with Gasteiger partial charge >= 0.3 is 0 Å². The van der Waals surface area contributed by atoms with Gasteiger partial charge in [-0.3, -0.25) is 9.59 Å². The SMILES string of the molecule is O=C(CCC(=O)N1CCN(c2nc3cccnc3s2)CC1)NCCCN1CCCCC1. The number of carbonyl (C=O) groups excluding carboxylic acids is 2. The van der Waals surface area contributed by atoms with Crippen LogP contribution in [0.4, 0.5) is 5.13 Å². The number of piperidine rings is 1. The molecule has 0 unspecified atom stereocenters. The first-order chi connectivity index (χ1) is 15.2. The smallest absolute Gasteiger partial charge is 0.223 e. The van der Waals surface area contributed by atoms with Gasteiger partial charge in [-0.05, 0) is 51.0 Å². The highest BCUT2D eigenvalue weighted by molar-refractivity contribution is 7.21. The third-order valence-corrected chi connectivity index (χ3v) is 7.09. The number of rotatable bonds is 8. The summed E-state index contributed by atoms with van der Waals surface area (Å²) >= 11 is 1.59. The number of hydrogen-bond donors (Lipinski definition) is 1. The van der Waals surface area contributed by atoms with Gasteiger partial charge in [-0.15, -0.1) is 0 Å². The summed E-state index contributed by atoms with van der Waals surface area (Å²) in [6, 6.07) is 3.87. The second-order valence-electron chi connectivity index (χ2n) is 8.30. The van der Waals surface area contributed by atoms with Gasteiger partial charge in [0.25, 0.3) is 0 Å². The predicted octanol–water partition coefficient (Wildman–Crippen LogP) is 2.11. The van der Waals surface area contributed by atoms with E-state index >= 15 is 0 Å². The molecule has 2 amide bonds. The van der Waals surface area contributed by atoms with Crippen LogP contribution in [0.25, 0.3) is 10.3 Å². The standard InChI is InChI=1S/C22H32N6O2S/c29-19(23-10-5-13-26-11-2-1-3-12-26)7-8-20(30)27-14-16-28(17-15-27)22-25-18-6-4-9-24-21(18)31-22/h4,6,9H,1-3,5,7-8,10-17H2,(H,23,29). The fraction of sp³-hybridized carbons (Fsp3) is 0.636. The molecule has 4 heterocycles. The van der Waals surface area contributed by atoms with Crippen LogP contribution in [0.2, 0.25) is 0 Å². The Labute approximate surface area is 187 Å². The van der Waals surface area contributed by atoms with Crippen LogP contribution in [0.3, 0.4) is 0 Å². The number of anilines is 1. The van der Waals surface area contributed by atoms with Crippen molar-refractivity contribution >= 4 is 38.6 Å². The lowest BCUT2D eigenvalue weighted by Gasteiger charge is -2.34. The van der Waals surface area contributed by atoms with Crippen molar-refractivity contribution in [3.8, 4) is 0 Å². The molecule has 0 saturated carbocycles. The number of nitrogens with one attached hydrogen (secondary N) is 1. The first-order valence-electron chi connectivity index (χ1n) is 11.4. The highest BCUT2D eigenvalue weighted by atomic mass is 32.1. The van der Waals surface area contributed by atoms with E-state index in [1.54, 1.807) is 17.5 Å². The zero-order valence-corrected chi connectivity index (χ0v) is 18.9. The number of amides is 2. The number of aromatic nitrogens is 2. The number of carbonyl (C=O) groups is 2. The minimum Gasteiger partial charge on any atom is -0.356 e. The minimum atomic E-state index is -0.0207. The Morgan fingerprint density at radius 3 is 2.61 bits per heavy atom. The number of fused-ring (bicyclic) bond motifs is 1. The maximum absolute atomic E-state index is 12.5. The molecule has 0 aliphatic carbocycles. The van der Waals surface area contributed by atoms with E-state index in [2.05, 4.69) is 25.1 Å². The second kappa shape index (κ2) is 10.9. The van der Waals surface area contributed by atoms with E-state index in [1.807, 2.05) is 17.0 Å². The lowest BCUT2D eigenvalue weighted by Crippen LogP contribution is -2.49. The third-order valence-electron chi connectivity index (χ3n) is 6.05. The van der Waals surface area contributed by atoms with Crippen LogP contribution in [0.1, 0.15) is 38.5 Å². The van der Waals surface area contributed by atoms with Gasteiger partial charge in [0.15, 0.2) is 5.13 Å². The van der Waals surface area contributed by atoms with Crippen molar-refractivity contribution in [2.75, 3.05) is 57.3 Å². The largest absolute Gasteiger partial charge is 0.356 e. The van der Waals surface area contributed by atoms with Crippen molar-refractivity contribution in [3.05, 3.63) is 18.3 Å². The van der Waals surface area contributed by atoms with Crippen LogP contribution >= 0.6 is 11.3 Å². The van der Waals surface area contributed by atoms with Gasteiger partial charge in [0.2, 0.25) is 11.8 Å². The summed E-state index contributed by atoms with van der Waals surface area (Å²) in [4.78, 5) is 41.1. The van der Waals surface area contributed by atoms with Gasteiger partial charge in [-0.2, -0.15) is 0 Å². The lowest BCUT2D eigenvalue weighted by molar-refractivity contribution is -0.133. The van der Waals surface area contributed by atoms with Gasteiger partial charge in [-0.1, -0.05) is 17.8 Å². The lowest BCUT2D eigenvalue weighted by atomic mass is 10.1. The molecule has 0 aromatic carbocycles. The second-order valence-corrected chi connectivity index (χ2v) is 9.25. The first-order valence-corrected chi connectivity index (χ1v) is 12.2. The number of piperazine rings is 1. The van der Waals surface area contributed by atoms with Crippen molar-refractivity contribution in [1.82, 2.24) is 25.1 Å². The molecule has 8 nitrogen and oxygen atoms in total. The number of pyridine rings is 1. The van der Waals surface area contributed by atoms with Gasteiger partial charge in [0, 0.05) is 51.8 Å². The van der Waals surface area contributed by atoms with Crippen molar-refractivity contribution in [1.29, 1.82) is 0 Å². The molecule has 2 aliphatic rings. The Morgan fingerprint density at radius 1 is 1.03 bits per heavy atom. The van der Waals surface area contributed by atoms with Crippen LogP contribution in [0.5, 0.6) is 0 Å². The summed E-state index contributed by atoms with van der Waals surface area (Å²) in [5.41, 5.74) is 0.919. The molecule has 31 heavy (non-hydrogen) atoms. The van der Waals surface area contributed by atoms with Crippen LogP contribution < -0.4 is 10.2 Å². The predicted molar refractivity (Wildman–Crippen MR) is 123 cm³/mol. The molecule has 1 N–H and O–H groups in total. The Morgan fingerprint density at radius 2 is 1.84 bits per heavy atom. The molecule has 0 spiro atoms. The Kier molecular flexibility index (Phi) is 7.69. The molecule has 2 saturated heterocycles. The third kappa shape index (κ3) is 6.13. The summed E-state index contributed by atoms with van der Waals surface area (Å²) < 4.78 is 0. The summed E-state index contributed by atoms with van der Waals surface area (Å²) in [6.45, 7) is 6.96. The maximum atomic E-state index is 12.5.